The summed E-state index contributed by atoms with van der Waals surface area (Å²) in [5.74, 6) is -0.183. The van der Waals surface area contributed by atoms with E-state index in [1.54, 1.807) is 6.92 Å². The molecule has 2 rings (SSSR count). The number of rotatable bonds is 5. The highest BCUT2D eigenvalue weighted by Gasteiger charge is 2.45. The van der Waals surface area contributed by atoms with Crippen LogP contribution in [0.5, 0.6) is 11.5 Å². The first-order valence-electron chi connectivity index (χ1n) is 7.58. The Morgan fingerprint density at radius 2 is 1.84 bits per heavy atom. The van der Waals surface area contributed by atoms with Gasteiger partial charge in [-0.2, -0.15) is 0 Å². The summed E-state index contributed by atoms with van der Waals surface area (Å²) in [5.41, 5.74) is 0.745. The number of hydrogen-bond acceptors (Lipinski definition) is 9. The number of aliphatic hydroxyl groups excluding tert-OH is 4. The molecule has 1 aromatic carbocycles. The fourth-order valence-corrected chi connectivity index (χ4v) is 2.56. The van der Waals surface area contributed by atoms with Gasteiger partial charge in [-0.3, -0.25) is 0 Å². The van der Waals surface area contributed by atoms with Crippen LogP contribution in [0.15, 0.2) is 12.1 Å². The average Bonchev–Trinajstić information content (AvgIpc) is 2.62. The van der Waals surface area contributed by atoms with Gasteiger partial charge in [0, 0.05) is 0 Å². The molecule has 0 spiro atoms. The van der Waals surface area contributed by atoms with E-state index in [4.69, 9.17) is 14.2 Å². The van der Waals surface area contributed by atoms with Crippen LogP contribution in [0.25, 0.3) is 0 Å². The number of methoxy groups -OCH3 is 2. The first kappa shape index (κ1) is 19.4. The second-order valence-corrected chi connectivity index (χ2v) is 5.63. The molecule has 0 radical (unpaired) electrons. The number of hydrogen-bond donors (Lipinski definition) is 4. The lowest BCUT2D eigenvalue weighted by molar-refractivity contribution is -0.277. The third kappa shape index (κ3) is 3.86. The van der Waals surface area contributed by atoms with Crippen molar-refractivity contribution >= 4 is 5.97 Å². The maximum absolute atomic E-state index is 11.7. The molecule has 0 aliphatic carbocycles. The lowest BCUT2D eigenvalue weighted by atomic mass is 9.99. The summed E-state index contributed by atoms with van der Waals surface area (Å²) in [6.45, 7) is 1.08. The molecule has 5 atom stereocenters. The van der Waals surface area contributed by atoms with Gasteiger partial charge in [-0.05, 0) is 24.6 Å². The predicted molar refractivity (Wildman–Crippen MR) is 83.5 cm³/mol. The fraction of sp³-hybridized carbons (Fsp3) is 0.562. The van der Waals surface area contributed by atoms with Crippen LogP contribution in [0, 0.1) is 6.92 Å². The van der Waals surface area contributed by atoms with Crippen molar-refractivity contribution in [1.82, 2.24) is 0 Å². The van der Waals surface area contributed by atoms with Crippen LogP contribution in [0.1, 0.15) is 15.9 Å². The first-order valence-corrected chi connectivity index (χ1v) is 7.58. The van der Waals surface area contributed by atoms with E-state index in [0.29, 0.717) is 5.56 Å². The molecule has 0 amide bonds. The van der Waals surface area contributed by atoms with Gasteiger partial charge < -0.3 is 39.4 Å². The van der Waals surface area contributed by atoms with E-state index in [0.717, 1.165) is 0 Å². The van der Waals surface area contributed by atoms with Crippen LogP contribution in [-0.4, -0.2) is 77.9 Å². The standard InChI is InChI=1S/C16H22O9/c1-7-4-8(15(21)23-3)5-9(22-2)14(7)25-16-13(20)12(19)11(18)10(6-17)24-16/h4-5,10-13,16-20H,6H2,1-3H3/t10-,11-,12+,13-,16+/m1/s1. The van der Waals surface area contributed by atoms with Crippen molar-refractivity contribution in [3.8, 4) is 11.5 Å². The number of aryl methyl sites for hydroxylation is 1. The lowest BCUT2D eigenvalue weighted by Gasteiger charge is -2.39. The molecule has 0 unspecified atom stereocenters. The molecular weight excluding hydrogens is 336 g/mol. The molecule has 9 heteroatoms. The van der Waals surface area contributed by atoms with Crippen molar-refractivity contribution in [3.05, 3.63) is 23.3 Å². The van der Waals surface area contributed by atoms with E-state index in [1.807, 2.05) is 0 Å². The van der Waals surface area contributed by atoms with E-state index in [2.05, 4.69) is 4.74 Å². The van der Waals surface area contributed by atoms with E-state index >= 15 is 0 Å². The Morgan fingerprint density at radius 1 is 1.16 bits per heavy atom. The summed E-state index contributed by atoms with van der Waals surface area (Å²) >= 11 is 0. The zero-order valence-corrected chi connectivity index (χ0v) is 14.1. The summed E-state index contributed by atoms with van der Waals surface area (Å²) in [6.07, 6.45) is -7.04. The van der Waals surface area contributed by atoms with Gasteiger partial charge in [0.2, 0.25) is 6.29 Å². The topological polar surface area (TPSA) is 135 Å². The van der Waals surface area contributed by atoms with Gasteiger partial charge in [-0.1, -0.05) is 0 Å². The number of ether oxygens (including phenoxy) is 4. The monoisotopic (exact) mass is 358 g/mol. The van der Waals surface area contributed by atoms with E-state index in [1.165, 1.54) is 26.4 Å². The Bertz CT molecular complexity index is 616. The summed E-state index contributed by atoms with van der Waals surface area (Å²) in [7, 11) is 2.62. The quantitative estimate of drug-likeness (QED) is 0.487. The van der Waals surface area contributed by atoms with Crippen LogP contribution in [-0.2, 0) is 9.47 Å². The van der Waals surface area contributed by atoms with Crippen molar-refractivity contribution in [2.75, 3.05) is 20.8 Å². The molecule has 1 heterocycles. The predicted octanol–water partition coefficient (Wildman–Crippen LogP) is -1.03. The maximum atomic E-state index is 11.7. The Hall–Kier alpha value is -1.91. The Labute approximate surface area is 144 Å². The SMILES string of the molecule is COC(=O)c1cc(C)c(O[C@@H]2O[C@H](CO)[C@@H](O)[C@H](O)[C@H]2O)c(OC)c1. The summed E-state index contributed by atoms with van der Waals surface area (Å²) < 4.78 is 20.8. The van der Waals surface area contributed by atoms with Gasteiger partial charge in [-0.25, -0.2) is 4.79 Å². The van der Waals surface area contributed by atoms with Crippen LogP contribution < -0.4 is 9.47 Å². The van der Waals surface area contributed by atoms with Crippen LogP contribution >= 0.6 is 0 Å². The summed E-state index contributed by atoms with van der Waals surface area (Å²) in [5, 5.41) is 38.9. The second-order valence-electron chi connectivity index (χ2n) is 5.63. The second kappa shape index (κ2) is 7.98. The molecule has 1 saturated heterocycles. The van der Waals surface area contributed by atoms with Crippen LogP contribution in [0.3, 0.4) is 0 Å². The van der Waals surface area contributed by atoms with E-state index in [9.17, 15) is 25.2 Å². The van der Waals surface area contributed by atoms with E-state index in [-0.39, 0.29) is 17.1 Å². The van der Waals surface area contributed by atoms with Gasteiger partial charge in [0.25, 0.3) is 0 Å². The lowest BCUT2D eigenvalue weighted by Crippen LogP contribution is -2.60. The summed E-state index contributed by atoms with van der Waals surface area (Å²) in [6, 6.07) is 2.91. The molecule has 140 valence electrons. The number of esters is 1. The normalized spacial score (nSPS) is 29.2. The van der Waals surface area contributed by atoms with Gasteiger partial charge in [0.15, 0.2) is 11.5 Å². The van der Waals surface area contributed by atoms with Gasteiger partial charge in [0.05, 0.1) is 26.4 Å². The molecule has 1 aliphatic rings. The molecular formula is C16H22O9. The molecule has 0 saturated carbocycles. The number of benzene rings is 1. The highest BCUT2D eigenvalue weighted by Crippen LogP contribution is 2.35. The molecule has 0 bridgehead atoms. The van der Waals surface area contributed by atoms with Crippen molar-refractivity contribution in [3.63, 3.8) is 0 Å². The molecule has 25 heavy (non-hydrogen) atoms. The van der Waals surface area contributed by atoms with Gasteiger partial charge in [0.1, 0.15) is 24.4 Å². The Kier molecular flexibility index (Phi) is 6.20. The maximum Gasteiger partial charge on any atom is 0.337 e. The summed E-state index contributed by atoms with van der Waals surface area (Å²) in [4.78, 5) is 11.7. The zero-order chi connectivity index (χ0) is 18.7. The van der Waals surface area contributed by atoms with Gasteiger partial charge in [-0.15, -0.1) is 0 Å². The molecule has 0 aromatic heterocycles. The largest absolute Gasteiger partial charge is 0.493 e. The molecule has 1 aromatic rings. The minimum atomic E-state index is -1.56. The van der Waals surface area contributed by atoms with Crippen LogP contribution in [0.2, 0.25) is 0 Å². The molecule has 1 aliphatic heterocycles. The van der Waals surface area contributed by atoms with Crippen molar-refractivity contribution < 1.29 is 44.2 Å². The number of carbonyl (C=O) groups is 1. The fourth-order valence-electron chi connectivity index (χ4n) is 2.56. The number of carbonyl (C=O) groups excluding carboxylic acids is 1. The molecule has 1 fully saturated rings. The molecule has 4 N–H and O–H groups in total. The zero-order valence-electron chi connectivity index (χ0n) is 14.1. The average molecular weight is 358 g/mol. The van der Waals surface area contributed by atoms with Crippen molar-refractivity contribution in [2.24, 2.45) is 0 Å². The van der Waals surface area contributed by atoms with Crippen molar-refractivity contribution in [2.45, 2.75) is 37.6 Å². The third-order valence-corrected chi connectivity index (χ3v) is 3.96. The Morgan fingerprint density at radius 3 is 2.40 bits per heavy atom. The first-order chi connectivity index (χ1) is 11.8. The van der Waals surface area contributed by atoms with Gasteiger partial charge >= 0.3 is 5.97 Å². The molecule has 9 nitrogen and oxygen atoms in total. The van der Waals surface area contributed by atoms with Crippen molar-refractivity contribution in [1.29, 1.82) is 0 Å². The van der Waals surface area contributed by atoms with Crippen LogP contribution in [0.4, 0.5) is 0 Å². The number of aliphatic hydroxyl groups is 4. The third-order valence-electron chi connectivity index (χ3n) is 3.96. The highest BCUT2D eigenvalue weighted by molar-refractivity contribution is 5.90. The minimum Gasteiger partial charge on any atom is -0.493 e. The minimum absolute atomic E-state index is 0.180. The van der Waals surface area contributed by atoms with E-state index < -0.39 is 43.3 Å². The smallest absolute Gasteiger partial charge is 0.337 e. The Balaban J connectivity index is 2.31. The highest BCUT2D eigenvalue weighted by atomic mass is 16.7.